The van der Waals surface area contributed by atoms with E-state index >= 15 is 0 Å². The Balaban J connectivity index is 2.09. The molecule has 5 nitrogen and oxygen atoms in total. The molecule has 1 aliphatic carbocycles. The van der Waals surface area contributed by atoms with E-state index < -0.39 is 6.23 Å². The van der Waals surface area contributed by atoms with Crippen LogP contribution in [-0.4, -0.2) is 53.8 Å². The number of allylic oxidation sites excluding steroid dienone is 2. The van der Waals surface area contributed by atoms with E-state index in [1.54, 1.807) is 0 Å². The van der Waals surface area contributed by atoms with Crippen LogP contribution < -0.4 is 0 Å². The molecule has 100 valence electrons. The second-order valence-electron chi connectivity index (χ2n) is 4.97. The minimum Gasteiger partial charge on any atom is -0.468 e. The molecule has 0 aromatic rings. The predicted molar refractivity (Wildman–Crippen MR) is 67.4 cm³/mol. The molecule has 2 atom stereocenters. The van der Waals surface area contributed by atoms with Crippen LogP contribution in [0.25, 0.3) is 0 Å². The van der Waals surface area contributed by atoms with Crippen LogP contribution in [0.5, 0.6) is 0 Å². The SMILES string of the molecule is CC1OC2=CC(=O)CC=C2N1C(O)CCN(C)C. The Morgan fingerprint density at radius 2 is 2.33 bits per heavy atom. The van der Waals surface area contributed by atoms with E-state index in [1.165, 1.54) is 6.08 Å². The maximum Gasteiger partial charge on any atom is 0.171 e. The summed E-state index contributed by atoms with van der Waals surface area (Å²) in [6.45, 7) is 2.68. The Morgan fingerprint density at radius 3 is 3.00 bits per heavy atom. The Labute approximate surface area is 107 Å². The van der Waals surface area contributed by atoms with Gasteiger partial charge in [0.25, 0.3) is 0 Å². The van der Waals surface area contributed by atoms with Crippen LogP contribution in [0.4, 0.5) is 0 Å². The van der Waals surface area contributed by atoms with Crippen molar-refractivity contribution in [2.45, 2.75) is 32.2 Å². The molecule has 18 heavy (non-hydrogen) atoms. The standard InChI is InChI=1S/C13H20N2O3/c1-9-15(13(17)6-7-14(2)3)11-5-4-10(16)8-12(11)18-9/h5,8-9,13,17H,4,6-7H2,1-3H3. The van der Waals surface area contributed by atoms with Gasteiger partial charge >= 0.3 is 0 Å². The van der Waals surface area contributed by atoms with Gasteiger partial charge in [0.05, 0.1) is 5.70 Å². The Bertz CT molecular complexity index is 401. The van der Waals surface area contributed by atoms with Gasteiger partial charge in [0.15, 0.2) is 12.0 Å². The summed E-state index contributed by atoms with van der Waals surface area (Å²) >= 11 is 0. The van der Waals surface area contributed by atoms with E-state index in [-0.39, 0.29) is 12.0 Å². The molecule has 5 heteroatoms. The van der Waals surface area contributed by atoms with Crippen molar-refractivity contribution >= 4 is 5.78 Å². The summed E-state index contributed by atoms with van der Waals surface area (Å²) in [5.41, 5.74) is 0.841. The molecule has 1 heterocycles. The third-order valence-electron chi connectivity index (χ3n) is 3.16. The van der Waals surface area contributed by atoms with Crippen molar-refractivity contribution in [2.75, 3.05) is 20.6 Å². The fourth-order valence-electron chi connectivity index (χ4n) is 2.26. The van der Waals surface area contributed by atoms with Gasteiger partial charge in [0.2, 0.25) is 0 Å². The second-order valence-corrected chi connectivity index (χ2v) is 4.97. The zero-order valence-electron chi connectivity index (χ0n) is 11.1. The van der Waals surface area contributed by atoms with E-state index in [4.69, 9.17) is 4.74 Å². The maximum absolute atomic E-state index is 11.3. The Kier molecular flexibility index (Phi) is 3.73. The first-order valence-electron chi connectivity index (χ1n) is 6.22. The number of ketones is 1. The molecule has 1 fully saturated rings. The molecule has 0 aromatic carbocycles. The number of aliphatic hydroxyl groups is 1. The molecule has 2 unspecified atom stereocenters. The molecule has 1 N–H and O–H groups in total. The van der Waals surface area contributed by atoms with Crippen LogP contribution in [0.2, 0.25) is 0 Å². The number of rotatable bonds is 4. The van der Waals surface area contributed by atoms with Crippen molar-refractivity contribution < 1.29 is 14.6 Å². The third-order valence-corrected chi connectivity index (χ3v) is 3.16. The fourth-order valence-corrected chi connectivity index (χ4v) is 2.26. The van der Waals surface area contributed by atoms with Crippen molar-refractivity contribution in [3.63, 3.8) is 0 Å². The summed E-state index contributed by atoms with van der Waals surface area (Å²) in [6.07, 6.45) is 3.55. The Morgan fingerprint density at radius 1 is 1.61 bits per heavy atom. The van der Waals surface area contributed by atoms with Crippen LogP contribution >= 0.6 is 0 Å². The summed E-state index contributed by atoms with van der Waals surface area (Å²) in [5.74, 6) is 0.633. The van der Waals surface area contributed by atoms with Gasteiger partial charge < -0.3 is 19.6 Å². The van der Waals surface area contributed by atoms with E-state index in [0.29, 0.717) is 18.6 Å². The number of hydrogen-bond donors (Lipinski definition) is 1. The number of nitrogens with zero attached hydrogens (tertiary/aromatic N) is 2. The topological polar surface area (TPSA) is 53.0 Å². The van der Waals surface area contributed by atoms with Crippen molar-refractivity contribution in [1.82, 2.24) is 9.80 Å². The minimum atomic E-state index is -0.590. The van der Waals surface area contributed by atoms with Gasteiger partial charge in [-0.1, -0.05) is 0 Å². The van der Waals surface area contributed by atoms with Crippen LogP contribution in [0.3, 0.4) is 0 Å². The number of fused-ring (bicyclic) bond motifs is 1. The zero-order chi connectivity index (χ0) is 13.3. The van der Waals surface area contributed by atoms with Crippen molar-refractivity contribution in [3.8, 4) is 0 Å². The van der Waals surface area contributed by atoms with Crippen LogP contribution in [0.1, 0.15) is 19.8 Å². The van der Waals surface area contributed by atoms with E-state index in [9.17, 15) is 9.90 Å². The minimum absolute atomic E-state index is 0.0468. The van der Waals surface area contributed by atoms with E-state index in [2.05, 4.69) is 0 Å². The summed E-state index contributed by atoms with van der Waals surface area (Å²) in [5, 5.41) is 10.2. The number of ether oxygens (including phenoxy) is 1. The summed E-state index contributed by atoms with van der Waals surface area (Å²) in [6, 6.07) is 0. The quantitative estimate of drug-likeness (QED) is 0.797. The molecule has 0 spiro atoms. The van der Waals surface area contributed by atoms with Crippen molar-refractivity contribution in [1.29, 1.82) is 0 Å². The van der Waals surface area contributed by atoms with Gasteiger partial charge in [-0.15, -0.1) is 0 Å². The smallest absolute Gasteiger partial charge is 0.171 e. The molecular formula is C13H20N2O3. The van der Waals surface area contributed by atoms with Crippen molar-refractivity contribution in [2.24, 2.45) is 0 Å². The predicted octanol–water partition coefficient (Wildman–Crippen LogP) is 0.675. The third kappa shape index (κ3) is 2.57. The molecule has 2 aliphatic rings. The molecule has 0 bridgehead atoms. The van der Waals surface area contributed by atoms with Gasteiger partial charge in [-0.2, -0.15) is 0 Å². The molecule has 1 saturated heterocycles. The van der Waals surface area contributed by atoms with E-state index in [1.807, 2.05) is 36.9 Å². The lowest BCUT2D eigenvalue weighted by atomic mass is 10.1. The van der Waals surface area contributed by atoms with Gasteiger partial charge in [0, 0.05) is 25.5 Å². The van der Waals surface area contributed by atoms with Gasteiger partial charge in [0.1, 0.15) is 12.0 Å². The molecule has 0 amide bonds. The molecule has 0 radical (unpaired) electrons. The lowest BCUT2D eigenvalue weighted by molar-refractivity contribution is -0.114. The molecular weight excluding hydrogens is 232 g/mol. The van der Waals surface area contributed by atoms with Gasteiger partial charge in [-0.05, 0) is 27.1 Å². The van der Waals surface area contributed by atoms with Crippen LogP contribution in [-0.2, 0) is 9.53 Å². The summed E-state index contributed by atoms with van der Waals surface area (Å²) < 4.78 is 5.60. The molecule has 0 aromatic heterocycles. The average Bonchev–Trinajstić information content (AvgIpc) is 2.61. The number of aliphatic hydroxyl groups excluding tert-OH is 1. The highest BCUT2D eigenvalue weighted by molar-refractivity contribution is 5.93. The lowest BCUT2D eigenvalue weighted by Gasteiger charge is -2.29. The lowest BCUT2D eigenvalue weighted by Crippen LogP contribution is -2.38. The maximum atomic E-state index is 11.3. The second kappa shape index (κ2) is 5.12. The molecule has 1 aliphatic heterocycles. The number of hydrogen-bond acceptors (Lipinski definition) is 5. The summed E-state index contributed by atoms with van der Waals surface area (Å²) in [4.78, 5) is 15.2. The number of carbonyl (C=O) groups is 1. The first-order valence-corrected chi connectivity index (χ1v) is 6.22. The normalized spacial score (nSPS) is 24.6. The highest BCUT2D eigenvalue weighted by Gasteiger charge is 2.36. The first-order chi connectivity index (χ1) is 8.49. The summed E-state index contributed by atoms with van der Waals surface area (Å²) in [7, 11) is 3.95. The van der Waals surface area contributed by atoms with E-state index in [0.717, 1.165) is 12.2 Å². The average molecular weight is 252 g/mol. The molecule has 0 saturated carbocycles. The highest BCUT2D eigenvalue weighted by Crippen LogP contribution is 2.34. The first kappa shape index (κ1) is 13.1. The van der Waals surface area contributed by atoms with Gasteiger partial charge in [-0.3, -0.25) is 4.79 Å². The van der Waals surface area contributed by atoms with Crippen LogP contribution in [0, 0.1) is 0 Å². The van der Waals surface area contributed by atoms with Crippen LogP contribution in [0.15, 0.2) is 23.6 Å². The monoisotopic (exact) mass is 252 g/mol. The highest BCUT2D eigenvalue weighted by atomic mass is 16.5. The fraction of sp³-hybridized carbons (Fsp3) is 0.615. The zero-order valence-corrected chi connectivity index (χ0v) is 11.1. The largest absolute Gasteiger partial charge is 0.468 e. The van der Waals surface area contributed by atoms with Crippen molar-refractivity contribution in [3.05, 3.63) is 23.6 Å². The number of carbonyl (C=O) groups excluding carboxylic acids is 1. The Hall–Kier alpha value is -1.33. The molecule has 2 rings (SSSR count). The van der Waals surface area contributed by atoms with Gasteiger partial charge in [-0.25, -0.2) is 0 Å².